The summed E-state index contributed by atoms with van der Waals surface area (Å²) in [5.74, 6) is 3.15. The zero-order valence-corrected chi connectivity index (χ0v) is 20.5. The fraction of sp³-hybridized carbons (Fsp3) is 0.708. The van der Waals surface area contributed by atoms with Crippen LogP contribution in [0.3, 0.4) is 0 Å². The lowest BCUT2D eigenvalue weighted by Gasteiger charge is -2.29. The average molecular weight is 411 g/mol. The van der Waals surface area contributed by atoms with Crippen molar-refractivity contribution in [2.24, 2.45) is 10.9 Å². The van der Waals surface area contributed by atoms with Gasteiger partial charge in [0, 0.05) is 38.9 Å². The zero-order valence-electron chi connectivity index (χ0n) is 19.8. The number of halogens is 1. The van der Waals surface area contributed by atoms with Gasteiger partial charge in [-0.2, -0.15) is 0 Å². The third-order valence-corrected chi connectivity index (χ3v) is 5.33. The molecule has 0 aromatic rings. The summed E-state index contributed by atoms with van der Waals surface area (Å²) in [5, 5.41) is 0.793. The molecule has 0 radical (unpaired) electrons. The second kappa shape index (κ2) is 17.8. The number of hydrogen-bond acceptors (Lipinski definition) is 3. The van der Waals surface area contributed by atoms with Crippen molar-refractivity contribution in [1.82, 2.24) is 4.90 Å². The summed E-state index contributed by atoms with van der Waals surface area (Å²) in [5.41, 5.74) is 4.33. The molecule has 0 N–H and O–H groups in total. The van der Waals surface area contributed by atoms with Gasteiger partial charge in [-0.15, -0.1) is 12.3 Å². The summed E-state index contributed by atoms with van der Waals surface area (Å²) in [7, 11) is 2.15. The molecule has 0 unspecified atom stereocenters. The van der Waals surface area contributed by atoms with E-state index in [1.54, 1.807) is 0 Å². The normalized spacial score (nSPS) is 16.4. The molecular weight excluding hydrogens is 368 g/mol. The van der Waals surface area contributed by atoms with Crippen LogP contribution in [0, 0.1) is 18.3 Å². The maximum atomic E-state index is 6.36. The van der Waals surface area contributed by atoms with Crippen LogP contribution in [0.4, 0.5) is 0 Å². The fourth-order valence-corrected chi connectivity index (χ4v) is 2.75. The highest BCUT2D eigenvalue weighted by Crippen LogP contribution is 2.20. The van der Waals surface area contributed by atoms with Crippen LogP contribution >= 0.6 is 11.6 Å². The molecule has 1 fully saturated rings. The first-order chi connectivity index (χ1) is 13.3. The monoisotopic (exact) mass is 410 g/mol. The van der Waals surface area contributed by atoms with Crippen molar-refractivity contribution < 1.29 is 4.74 Å². The summed E-state index contributed by atoms with van der Waals surface area (Å²) >= 11 is 6.36. The van der Waals surface area contributed by atoms with Crippen LogP contribution in [-0.2, 0) is 4.74 Å². The third-order valence-electron chi connectivity index (χ3n) is 4.73. The van der Waals surface area contributed by atoms with E-state index in [0.717, 1.165) is 67.8 Å². The van der Waals surface area contributed by atoms with E-state index in [0.29, 0.717) is 0 Å². The van der Waals surface area contributed by atoms with E-state index in [1.807, 2.05) is 27.7 Å². The number of nitrogens with zero attached hydrogens (tertiary/aromatic N) is 2. The van der Waals surface area contributed by atoms with Gasteiger partial charge in [-0.25, -0.2) is 0 Å². The van der Waals surface area contributed by atoms with Crippen molar-refractivity contribution in [3.8, 4) is 12.3 Å². The minimum Gasteiger partial charge on any atom is -0.381 e. The van der Waals surface area contributed by atoms with Crippen molar-refractivity contribution in [3.63, 3.8) is 0 Å². The van der Waals surface area contributed by atoms with Gasteiger partial charge in [0.25, 0.3) is 0 Å². The van der Waals surface area contributed by atoms with E-state index < -0.39 is 0 Å². The molecule has 0 atom stereocenters. The molecule has 1 aliphatic heterocycles. The standard InChI is InChI=1S/C18H31ClN2O.C4H6.C2H6/c1-7-13(2)18(19)15(4)20-14(3)16(5)21(6)12-17-8-10-22-11-9-17;1-3-4-2;1-2/h17H,7-12H2,1-6H3;1H,4H2,2H3;1-2H3/b16-14+,18-13-,20-15+;;. The number of aliphatic imine (C=N–C) groups is 1. The van der Waals surface area contributed by atoms with Gasteiger partial charge in [0.15, 0.2) is 0 Å². The quantitative estimate of drug-likeness (QED) is 0.346. The fourth-order valence-electron chi connectivity index (χ4n) is 2.57. The predicted octanol–water partition coefficient (Wildman–Crippen LogP) is 7.04. The summed E-state index contributed by atoms with van der Waals surface area (Å²) in [4.78, 5) is 7.01. The number of ether oxygens (including phenoxy) is 1. The number of rotatable bonds is 6. The summed E-state index contributed by atoms with van der Waals surface area (Å²) in [6.45, 7) is 19.2. The predicted molar refractivity (Wildman–Crippen MR) is 127 cm³/mol. The van der Waals surface area contributed by atoms with Gasteiger partial charge in [-0.05, 0) is 52.9 Å². The first-order valence-electron chi connectivity index (χ1n) is 10.6. The maximum Gasteiger partial charge on any atom is 0.0607 e. The van der Waals surface area contributed by atoms with Crippen LogP contribution in [0.1, 0.15) is 81.1 Å². The molecular formula is C24H43ClN2O. The number of hydrogen-bond donors (Lipinski definition) is 0. The van der Waals surface area contributed by atoms with Crippen molar-refractivity contribution >= 4 is 17.3 Å². The van der Waals surface area contributed by atoms with E-state index in [4.69, 9.17) is 27.8 Å². The van der Waals surface area contributed by atoms with Gasteiger partial charge in [-0.1, -0.05) is 44.9 Å². The maximum absolute atomic E-state index is 6.36. The lowest BCUT2D eigenvalue weighted by Crippen LogP contribution is -2.29. The Morgan fingerprint density at radius 1 is 1.14 bits per heavy atom. The molecule has 0 aromatic heterocycles. The third kappa shape index (κ3) is 12.3. The van der Waals surface area contributed by atoms with E-state index >= 15 is 0 Å². The van der Waals surface area contributed by atoms with Crippen LogP contribution in [0.15, 0.2) is 27.0 Å². The highest BCUT2D eigenvalue weighted by molar-refractivity contribution is 6.43. The summed E-state index contributed by atoms with van der Waals surface area (Å²) in [6, 6.07) is 0. The smallest absolute Gasteiger partial charge is 0.0607 e. The van der Waals surface area contributed by atoms with Gasteiger partial charge >= 0.3 is 0 Å². The SMILES string of the molecule is C#CCC.CC.CC/C(C)=C(Cl)/C(C)=N/C(C)=C(\C)N(C)CC1CCOCC1. The minimum atomic E-state index is 0.720. The van der Waals surface area contributed by atoms with Gasteiger partial charge in [0.05, 0.1) is 16.4 Å². The topological polar surface area (TPSA) is 24.8 Å². The molecule has 1 rings (SSSR count). The molecule has 0 saturated carbocycles. The molecule has 1 aliphatic rings. The second-order valence-electron chi connectivity index (χ2n) is 6.81. The Bertz CT molecular complexity index is 549. The van der Waals surface area contributed by atoms with E-state index in [9.17, 15) is 0 Å². The highest BCUT2D eigenvalue weighted by Gasteiger charge is 2.16. The van der Waals surface area contributed by atoms with Crippen LogP contribution in [-0.4, -0.2) is 37.4 Å². The molecule has 162 valence electrons. The van der Waals surface area contributed by atoms with E-state index in [1.165, 1.54) is 11.3 Å². The van der Waals surface area contributed by atoms with Crippen LogP contribution < -0.4 is 0 Å². The molecule has 0 aromatic carbocycles. The average Bonchev–Trinajstić information content (AvgIpc) is 2.74. The lowest BCUT2D eigenvalue weighted by atomic mass is 10.00. The van der Waals surface area contributed by atoms with Gasteiger partial charge in [0.1, 0.15) is 0 Å². The van der Waals surface area contributed by atoms with Gasteiger partial charge in [0.2, 0.25) is 0 Å². The molecule has 0 amide bonds. The van der Waals surface area contributed by atoms with Gasteiger partial charge in [-0.3, -0.25) is 4.99 Å². The van der Waals surface area contributed by atoms with Crippen LogP contribution in [0.5, 0.6) is 0 Å². The Kier molecular flexibility index (Phi) is 18.4. The summed E-state index contributed by atoms with van der Waals surface area (Å²) in [6.07, 6.45) is 8.89. The molecule has 28 heavy (non-hydrogen) atoms. The van der Waals surface area contributed by atoms with E-state index in [-0.39, 0.29) is 0 Å². The van der Waals surface area contributed by atoms with E-state index in [2.05, 4.69) is 45.6 Å². The van der Waals surface area contributed by atoms with Crippen molar-refractivity contribution in [1.29, 1.82) is 0 Å². The molecule has 4 heteroatoms. The summed E-state index contributed by atoms with van der Waals surface area (Å²) < 4.78 is 5.43. The molecule has 0 bridgehead atoms. The van der Waals surface area contributed by atoms with Crippen molar-refractivity contribution in [2.45, 2.75) is 81.1 Å². The first-order valence-corrected chi connectivity index (χ1v) is 11.0. The molecule has 0 spiro atoms. The lowest BCUT2D eigenvalue weighted by molar-refractivity contribution is 0.0587. The molecule has 0 aliphatic carbocycles. The molecule has 1 heterocycles. The highest BCUT2D eigenvalue weighted by atomic mass is 35.5. The molecule has 3 nitrogen and oxygen atoms in total. The van der Waals surface area contributed by atoms with Crippen molar-refractivity contribution in [2.75, 3.05) is 26.8 Å². The van der Waals surface area contributed by atoms with Crippen LogP contribution in [0.25, 0.3) is 0 Å². The Balaban J connectivity index is 0. The number of terminal acetylenes is 1. The Hall–Kier alpha value is -1.24. The minimum absolute atomic E-state index is 0.720. The van der Waals surface area contributed by atoms with Crippen molar-refractivity contribution in [3.05, 3.63) is 22.0 Å². The first kappa shape index (κ1) is 29.0. The van der Waals surface area contributed by atoms with Gasteiger partial charge < -0.3 is 9.64 Å². The largest absolute Gasteiger partial charge is 0.381 e. The Morgan fingerprint density at radius 2 is 1.64 bits per heavy atom. The molecule has 1 saturated heterocycles. The number of allylic oxidation sites excluding steroid dienone is 4. The zero-order chi connectivity index (χ0) is 22.1. The Labute approximate surface area is 180 Å². The Morgan fingerprint density at radius 3 is 2.07 bits per heavy atom. The second-order valence-corrected chi connectivity index (χ2v) is 7.19. The van der Waals surface area contributed by atoms with Crippen LogP contribution in [0.2, 0.25) is 0 Å².